The molecule has 7 nitrogen and oxygen atoms in total. The molecule has 0 bridgehead atoms. The van der Waals surface area contributed by atoms with Crippen LogP contribution in [0.25, 0.3) is 0 Å². The second-order valence-corrected chi connectivity index (χ2v) is 6.56. The summed E-state index contributed by atoms with van der Waals surface area (Å²) < 4.78 is 23.6. The minimum absolute atomic E-state index is 0.0714. The van der Waals surface area contributed by atoms with Crippen molar-refractivity contribution in [3.05, 3.63) is 23.2 Å². The van der Waals surface area contributed by atoms with E-state index in [0.29, 0.717) is 12.1 Å². The first-order chi connectivity index (χ1) is 11.2. The van der Waals surface area contributed by atoms with Gasteiger partial charge in [0.15, 0.2) is 17.0 Å². The van der Waals surface area contributed by atoms with Crippen LogP contribution in [0.15, 0.2) is 17.4 Å². The molecule has 24 heavy (non-hydrogen) atoms. The van der Waals surface area contributed by atoms with Crippen LogP contribution in [-0.4, -0.2) is 41.6 Å². The maximum absolute atomic E-state index is 13.1. The predicted molar refractivity (Wildman–Crippen MR) is 85.9 cm³/mol. The standard InChI is InChI=1S/C15H19ClFN3O4/c1-15(2,3)23-14(21)19-7-10-5-11(24-20-10)8-22-12-4-9(17)6-18-13(12)16/h4,6,11H,5,7-8H2,1-3H3,(H,19,21). The molecule has 0 aromatic carbocycles. The van der Waals surface area contributed by atoms with Gasteiger partial charge in [0.25, 0.3) is 0 Å². The van der Waals surface area contributed by atoms with Crippen molar-refractivity contribution in [3.63, 3.8) is 0 Å². The Bertz CT molecular complexity index is 634. The molecule has 1 aliphatic rings. The van der Waals surface area contributed by atoms with E-state index in [4.69, 9.17) is 25.9 Å². The van der Waals surface area contributed by atoms with Crippen LogP contribution in [0.4, 0.5) is 9.18 Å². The third-order valence-electron chi connectivity index (χ3n) is 2.83. The number of nitrogens with one attached hydrogen (secondary N) is 1. The fourth-order valence-corrected chi connectivity index (χ4v) is 2.01. The molecular formula is C15H19ClFN3O4. The smallest absolute Gasteiger partial charge is 0.407 e. The zero-order chi connectivity index (χ0) is 17.7. The molecule has 1 N–H and O–H groups in total. The number of hydrogen-bond acceptors (Lipinski definition) is 6. The third kappa shape index (κ3) is 5.84. The lowest BCUT2D eigenvalue weighted by molar-refractivity contribution is 0.0469. The second kappa shape index (κ2) is 7.65. The summed E-state index contributed by atoms with van der Waals surface area (Å²) in [6, 6.07) is 1.15. The molecule has 0 spiro atoms. The summed E-state index contributed by atoms with van der Waals surface area (Å²) in [7, 11) is 0. The van der Waals surface area contributed by atoms with Crippen molar-refractivity contribution < 1.29 is 23.5 Å². The quantitative estimate of drug-likeness (QED) is 0.817. The third-order valence-corrected chi connectivity index (χ3v) is 3.11. The topological polar surface area (TPSA) is 82.0 Å². The number of pyridine rings is 1. The van der Waals surface area contributed by atoms with Crippen molar-refractivity contribution in [2.24, 2.45) is 5.16 Å². The lowest BCUT2D eigenvalue weighted by Crippen LogP contribution is -2.35. The Morgan fingerprint density at radius 1 is 1.54 bits per heavy atom. The van der Waals surface area contributed by atoms with E-state index >= 15 is 0 Å². The number of hydrogen-bond donors (Lipinski definition) is 1. The zero-order valence-corrected chi connectivity index (χ0v) is 14.4. The van der Waals surface area contributed by atoms with Crippen LogP contribution in [0.5, 0.6) is 5.75 Å². The van der Waals surface area contributed by atoms with Gasteiger partial charge in [0.05, 0.1) is 18.5 Å². The van der Waals surface area contributed by atoms with Gasteiger partial charge in [-0.15, -0.1) is 0 Å². The summed E-state index contributed by atoms with van der Waals surface area (Å²) in [5, 5.41) is 6.55. The van der Waals surface area contributed by atoms with E-state index in [9.17, 15) is 9.18 Å². The number of alkyl carbamates (subject to hydrolysis) is 1. The molecule has 0 saturated heterocycles. The first-order valence-corrected chi connectivity index (χ1v) is 7.73. The van der Waals surface area contributed by atoms with Gasteiger partial charge in [-0.1, -0.05) is 16.8 Å². The Morgan fingerprint density at radius 3 is 3.00 bits per heavy atom. The van der Waals surface area contributed by atoms with Crippen molar-refractivity contribution in [2.45, 2.75) is 38.9 Å². The van der Waals surface area contributed by atoms with Crippen LogP contribution in [-0.2, 0) is 9.57 Å². The van der Waals surface area contributed by atoms with Gasteiger partial charge >= 0.3 is 6.09 Å². The molecule has 1 amide bonds. The molecule has 1 unspecified atom stereocenters. The van der Waals surface area contributed by atoms with Gasteiger partial charge in [-0.3, -0.25) is 0 Å². The minimum atomic E-state index is -0.563. The number of oxime groups is 1. The molecule has 0 fully saturated rings. The number of carbonyl (C=O) groups is 1. The molecule has 1 aromatic rings. The van der Waals surface area contributed by atoms with Gasteiger partial charge < -0.3 is 19.6 Å². The molecule has 1 aromatic heterocycles. The van der Waals surface area contributed by atoms with Crippen molar-refractivity contribution in [2.75, 3.05) is 13.2 Å². The normalized spacial score (nSPS) is 17.0. The Morgan fingerprint density at radius 2 is 2.29 bits per heavy atom. The largest absolute Gasteiger partial charge is 0.486 e. The van der Waals surface area contributed by atoms with Gasteiger partial charge in [-0.2, -0.15) is 0 Å². The van der Waals surface area contributed by atoms with Crippen molar-refractivity contribution in [1.82, 2.24) is 10.3 Å². The summed E-state index contributed by atoms with van der Waals surface area (Å²) in [6.45, 7) is 5.69. The number of nitrogens with zero attached hydrogens (tertiary/aromatic N) is 2. The second-order valence-electron chi connectivity index (χ2n) is 6.20. The number of aromatic nitrogens is 1. The SMILES string of the molecule is CC(C)(C)OC(=O)NCC1=NOC(COc2cc(F)cnc2Cl)C1. The van der Waals surface area contributed by atoms with Crippen LogP contribution in [0.1, 0.15) is 27.2 Å². The van der Waals surface area contributed by atoms with Crippen molar-refractivity contribution in [3.8, 4) is 5.75 Å². The molecule has 1 aliphatic heterocycles. The Kier molecular flexibility index (Phi) is 5.82. The highest BCUT2D eigenvalue weighted by Crippen LogP contribution is 2.23. The highest BCUT2D eigenvalue weighted by molar-refractivity contribution is 6.30. The van der Waals surface area contributed by atoms with E-state index in [-0.39, 0.29) is 30.2 Å². The lowest BCUT2D eigenvalue weighted by Gasteiger charge is -2.19. The number of ether oxygens (including phenoxy) is 2. The minimum Gasteiger partial charge on any atom is -0.486 e. The van der Waals surface area contributed by atoms with E-state index in [1.54, 1.807) is 20.8 Å². The van der Waals surface area contributed by atoms with E-state index in [1.165, 1.54) is 0 Å². The fraction of sp³-hybridized carbons (Fsp3) is 0.533. The summed E-state index contributed by atoms with van der Waals surface area (Å²) in [5.74, 6) is -0.402. The number of carbonyl (C=O) groups excluding carboxylic acids is 1. The van der Waals surface area contributed by atoms with Crippen molar-refractivity contribution >= 4 is 23.4 Å². The molecule has 2 rings (SSSR count). The molecule has 0 saturated carbocycles. The van der Waals surface area contributed by atoms with Gasteiger partial charge in [-0.05, 0) is 20.8 Å². The van der Waals surface area contributed by atoms with Crippen LogP contribution >= 0.6 is 11.6 Å². The molecule has 2 heterocycles. The summed E-state index contributed by atoms with van der Waals surface area (Å²) in [6.07, 6.45) is 0.600. The molecule has 1 atom stereocenters. The van der Waals surface area contributed by atoms with Crippen molar-refractivity contribution in [1.29, 1.82) is 0 Å². The molecule has 9 heteroatoms. The van der Waals surface area contributed by atoms with E-state index in [2.05, 4.69) is 15.5 Å². The molecule has 0 radical (unpaired) electrons. The number of amides is 1. The van der Waals surface area contributed by atoms with Crippen LogP contribution < -0.4 is 10.1 Å². The van der Waals surface area contributed by atoms with Crippen LogP contribution in [0, 0.1) is 5.82 Å². The highest BCUT2D eigenvalue weighted by atomic mass is 35.5. The zero-order valence-electron chi connectivity index (χ0n) is 13.6. The highest BCUT2D eigenvalue weighted by Gasteiger charge is 2.23. The maximum Gasteiger partial charge on any atom is 0.407 e. The van der Waals surface area contributed by atoms with Crippen LogP contribution in [0.3, 0.4) is 0 Å². The number of rotatable bonds is 5. The van der Waals surface area contributed by atoms with Gasteiger partial charge in [0, 0.05) is 12.5 Å². The van der Waals surface area contributed by atoms with Crippen LogP contribution in [0.2, 0.25) is 5.15 Å². The first kappa shape index (κ1) is 18.3. The van der Waals surface area contributed by atoms with Gasteiger partial charge in [-0.25, -0.2) is 14.2 Å². The van der Waals surface area contributed by atoms with E-state index in [0.717, 1.165) is 12.3 Å². The summed E-state index contributed by atoms with van der Waals surface area (Å²) >= 11 is 5.81. The first-order valence-electron chi connectivity index (χ1n) is 7.35. The maximum atomic E-state index is 13.1. The Labute approximate surface area is 144 Å². The average Bonchev–Trinajstić information content (AvgIpc) is 2.92. The Balaban J connectivity index is 1.73. The summed E-state index contributed by atoms with van der Waals surface area (Å²) in [5.41, 5.74) is 0.0881. The average molecular weight is 360 g/mol. The molecule has 132 valence electrons. The van der Waals surface area contributed by atoms with E-state index in [1.807, 2.05) is 0 Å². The predicted octanol–water partition coefficient (Wildman–Crippen LogP) is 2.92. The lowest BCUT2D eigenvalue weighted by atomic mass is 10.2. The molecular weight excluding hydrogens is 341 g/mol. The Hall–Kier alpha value is -2.09. The fourth-order valence-electron chi connectivity index (χ4n) is 1.86. The number of halogens is 2. The monoisotopic (exact) mass is 359 g/mol. The van der Waals surface area contributed by atoms with Gasteiger partial charge in [0.1, 0.15) is 18.0 Å². The van der Waals surface area contributed by atoms with Gasteiger partial charge in [0.2, 0.25) is 0 Å². The molecule has 0 aliphatic carbocycles. The van der Waals surface area contributed by atoms with E-state index < -0.39 is 17.5 Å². The summed E-state index contributed by atoms with van der Waals surface area (Å²) in [4.78, 5) is 20.4.